The van der Waals surface area contributed by atoms with Crippen molar-refractivity contribution in [2.24, 2.45) is 0 Å². The van der Waals surface area contributed by atoms with Gasteiger partial charge in [0.1, 0.15) is 0 Å². The Kier molecular flexibility index (Phi) is 3.95. The fourth-order valence-electron chi connectivity index (χ4n) is 0.896. The largest absolute Gasteiger partial charge is 0.399 e. The molecule has 1 rings (SSSR count). The zero-order chi connectivity index (χ0) is 9.68. The molecule has 0 saturated heterocycles. The third-order valence-corrected chi connectivity index (χ3v) is 1.78. The van der Waals surface area contributed by atoms with Crippen LogP contribution in [0, 0.1) is 11.8 Å². The minimum atomic E-state index is 0.545. The van der Waals surface area contributed by atoms with Crippen LogP contribution in [0.5, 0.6) is 0 Å². The maximum absolute atomic E-state index is 5.79. The van der Waals surface area contributed by atoms with E-state index in [-0.39, 0.29) is 0 Å². The van der Waals surface area contributed by atoms with Gasteiger partial charge in [-0.3, -0.25) is 0 Å². The first-order chi connectivity index (χ1) is 6.22. The van der Waals surface area contributed by atoms with Crippen LogP contribution < -0.4 is 5.73 Å². The van der Waals surface area contributed by atoms with Crippen LogP contribution in [0.25, 0.3) is 0 Å². The van der Waals surface area contributed by atoms with Gasteiger partial charge in [-0.15, -0.1) is 11.6 Å². The lowest BCUT2D eigenvalue weighted by Gasteiger charge is -1.95. The van der Waals surface area contributed by atoms with Crippen LogP contribution in [0.15, 0.2) is 18.2 Å². The van der Waals surface area contributed by atoms with Crippen LogP contribution in [0.1, 0.15) is 12.0 Å². The fraction of sp³-hybridized carbons (Fsp3) is 0.200. The predicted octanol–water partition coefficient (Wildman–Crippen LogP) is 2.90. The van der Waals surface area contributed by atoms with Gasteiger partial charge in [-0.1, -0.05) is 23.4 Å². The van der Waals surface area contributed by atoms with Crippen LogP contribution in [-0.4, -0.2) is 5.88 Å². The molecular formula is C10H9Cl2N. The highest BCUT2D eigenvalue weighted by Crippen LogP contribution is 2.15. The van der Waals surface area contributed by atoms with E-state index in [1.807, 2.05) is 0 Å². The molecule has 0 saturated carbocycles. The Morgan fingerprint density at radius 2 is 2.08 bits per heavy atom. The molecule has 0 spiro atoms. The summed E-state index contributed by atoms with van der Waals surface area (Å²) < 4.78 is 0. The number of alkyl halides is 1. The van der Waals surface area contributed by atoms with E-state index in [1.165, 1.54) is 0 Å². The average molecular weight is 214 g/mol. The second kappa shape index (κ2) is 5.01. The van der Waals surface area contributed by atoms with Crippen molar-refractivity contribution in [2.45, 2.75) is 6.42 Å². The average Bonchev–Trinajstić information content (AvgIpc) is 2.03. The number of nitrogens with two attached hydrogens (primary N) is 1. The first-order valence-corrected chi connectivity index (χ1v) is 4.74. The van der Waals surface area contributed by atoms with Crippen LogP contribution in [0.3, 0.4) is 0 Å². The molecule has 2 N–H and O–H groups in total. The first kappa shape index (κ1) is 10.2. The van der Waals surface area contributed by atoms with Crippen molar-refractivity contribution < 1.29 is 0 Å². The van der Waals surface area contributed by atoms with Crippen molar-refractivity contribution >= 4 is 28.9 Å². The number of hydrogen-bond acceptors (Lipinski definition) is 1. The number of anilines is 1. The van der Waals surface area contributed by atoms with Crippen molar-refractivity contribution in [1.29, 1.82) is 0 Å². The minimum absolute atomic E-state index is 0.545. The van der Waals surface area contributed by atoms with Gasteiger partial charge in [-0.05, 0) is 18.2 Å². The second-order valence-electron chi connectivity index (χ2n) is 2.51. The Morgan fingerprint density at radius 3 is 2.69 bits per heavy atom. The third-order valence-electron chi connectivity index (χ3n) is 1.37. The molecule has 3 heteroatoms. The Bertz CT molecular complexity index is 329. The summed E-state index contributed by atoms with van der Waals surface area (Å²) in [6.45, 7) is 0. The van der Waals surface area contributed by atoms with Gasteiger partial charge in [-0.2, -0.15) is 0 Å². The zero-order valence-electron chi connectivity index (χ0n) is 6.98. The Labute approximate surface area is 87.8 Å². The smallest absolute Gasteiger partial charge is 0.0438 e. The normalized spacial score (nSPS) is 9.08. The van der Waals surface area contributed by atoms with E-state index < -0.39 is 0 Å². The van der Waals surface area contributed by atoms with Gasteiger partial charge in [0.25, 0.3) is 0 Å². The van der Waals surface area contributed by atoms with E-state index in [1.54, 1.807) is 18.2 Å². The molecule has 1 nitrogen and oxygen atoms in total. The predicted molar refractivity (Wildman–Crippen MR) is 58.1 cm³/mol. The fourth-order valence-corrected chi connectivity index (χ4v) is 1.23. The SMILES string of the molecule is Nc1cc(Cl)cc(C#CCCCl)c1. The molecule has 0 unspecified atom stereocenters. The summed E-state index contributed by atoms with van der Waals surface area (Å²) in [4.78, 5) is 0. The monoisotopic (exact) mass is 213 g/mol. The van der Waals surface area contributed by atoms with Crippen LogP contribution in [0.4, 0.5) is 5.69 Å². The molecule has 0 heterocycles. The van der Waals surface area contributed by atoms with Crippen molar-refractivity contribution in [1.82, 2.24) is 0 Å². The van der Waals surface area contributed by atoms with Gasteiger partial charge in [0.2, 0.25) is 0 Å². The molecule has 0 bridgehead atoms. The minimum Gasteiger partial charge on any atom is -0.399 e. The molecular weight excluding hydrogens is 205 g/mol. The van der Waals surface area contributed by atoms with Gasteiger partial charge in [0, 0.05) is 28.6 Å². The molecule has 0 aliphatic carbocycles. The van der Waals surface area contributed by atoms with E-state index in [0.29, 0.717) is 23.0 Å². The maximum Gasteiger partial charge on any atom is 0.0438 e. The van der Waals surface area contributed by atoms with Gasteiger partial charge >= 0.3 is 0 Å². The molecule has 0 fully saturated rings. The highest BCUT2D eigenvalue weighted by atomic mass is 35.5. The molecule has 68 valence electrons. The summed E-state index contributed by atoms with van der Waals surface area (Å²) in [5, 5.41) is 0.607. The number of benzene rings is 1. The van der Waals surface area contributed by atoms with E-state index >= 15 is 0 Å². The maximum atomic E-state index is 5.79. The van der Waals surface area contributed by atoms with Gasteiger partial charge in [0.15, 0.2) is 0 Å². The molecule has 1 aromatic rings. The lowest BCUT2D eigenvalue weighted by atomic mass is 10.2. The lowest BCUT2D eigenvalue weighted by Crippen LogP contribution is -1.85. The lowest BCUT2D eigenvalue weighted by molar-refractivity contribution is 1.29. The van der Waals surface area contributed by atoms with E-state index in [9.17, 15) is 0 Å². The highest BCUT2D eigenvalue weighted by Gasteiger charge is 1.93. The number of nitrogen functional groups attached to an aromatic ring is 1. The van der Waals surface area contributed by atoms with Crippen molar-refractivity contribution in [2.75, 3.05) is 11.6 Å². The third kappa shape index (κ3) is 3.59. The first-order valence-electron chi connectivity index (χ1n) is 3.83. The standard InChI is InChI=1S/C10H9Cl2N/c11-4-2-1-3-8-5-9(12)7-10(13)6-8/h5-7H,2,4,13H2. The topological polar surface area (TPSA) is 26.0 Å². The van der Waals surface area contributed by atoms with E-state index in [2.05, 4.69) is 11.8 Å². The van der Waals surface area contributed by atoms with Crippen molar-refractivity contribution in [3.8, 4) is 11.8 Å². The van der Waals surface area contributed by atoms with Crippen LogP contribution in [-0.2, 0) is 0 Å². The summed E-state index contributed by atoms with van der Waals surface area (Å²) in [7, 11) is 0. The Hall–Kier alpha value is -0.840. The molecule has 0 aromatic heterocycles. The summed E-state index contributed by atoms with van der Waals surface area (Å²) in [5.74, 6) is 6.38. The molecule has 13 heavy (non-hydrogen) atoms. The highest BCUT2D eigenvalue weighted by molar-refractivity contribution is 6.31. The Balaban J connectivity index is 2.85. The Morgan fingerprint density at radius 1 is 1.31 bits per heavy atom. The van der Waals surface area contributed by atoms with Crippen LogP contribution in [0.2, 0.25) is 5.02 Å². The number of rotatable bonds is 1. The zero-order valence-corrected chi connectivity index (χ0v) is 8.49. The molecule has 0 radical (unpaired) electrons. The summed E-state index contributed by atoms with van der Waals surface area (Å²) >= 11 is 11.3. The molecule has 0 amide bonds. The van der Waals surface area contributed by atoms with E-state index in [0.717, 1.165) is 5.56 Å². The number of hydrogen-bond donors (Lipinski definition) is 1. The summed E-state index contributed by atoms with van der Waals surface area (Å²) in [5.41, 5.74) is 7.04. The van der Waals surface area contributed by atoms with Crippen LogP contribution >= 0.6 is 23.2 Å². The van der Waals surface area contributed by atoms with E-state index in [4.69, 9.17) is 28.9 Å². The van der Waals surface area contributed by atoms with Gasteiger partial charge < -0.3 is 5.73 Å². The quantitative estimate of drug-likeness (QED) is 0.434. The van der Waals surface area contributed by atoms with Gasteiger partial charge in [-0.25, -0.2) is 0 Å². The number of halogens is 2. The molecule has 0 aliphatic heterocycles. The van der Waals surface area contributed by atoms with Crippen molar-refractivity contribution in [3.05, 3.63) is 28.8 Å². The van der Waals surface area contributed by atoms with Gasteiger partial charge in [0.05, 0.1) is 0 Å². The second-order valence-corrected chi connectivity index (χ2v) is 3.33. The molecule has 0 aliphatic rings. The van der Waals surface area contributed by atoms with Crippen molar-refractivity contribution in [3.63, 3.8) is 0 Å². The summed E-state index contributed by atoms with van der Waals surface area (Å²) in [6.07, 6.45) is 0.675. The molecule has 1 aromatic carbocycles. The molecule has 0 atom stereocenters. The summed E-state index contributed by atoms with van der Waals surface area (Å²) in [6, 6.07) is 5.25.